The first-order valence-corrected chi connectivity index (χ1v) is 12.8. The molecule has 1 N–H and O–H groups in total. The first-order valence-electron chi connectivity index (χ1n) is 9.81. The lowest BCUT2D eigenvalue weighted by Crippen LogP contribution is -2.28. The van der Waals surface area contributed by atoms with Gasteiger partial charge in [0.2, 0.25) is 15.9 Å². The van der Waals surface area contributed by atoms with E-state index in [9.17, 15) is 13.2 Å². The van der Waals surface area contributed by atoms with Crippen molar-refractivity contribution in [3.05, 3.63) is 53.6 Å². The minimum absolute atomic E-state index is 0.158. The van der Waals surface area contributed by atoms with Crippen molar-refractivity contribution in [2.24, 2.45) is 0 Å². The first kappa shape index (κ1) is 22.9. The number of rotatable bonds is 10. The highest BCUT2D eigenvalue weighted by Crippen LogP contribution is 2.23. The summed E-state index contributed by atoms with van der Waals surface area (Å²) in [6.45, 7) is 1.67. The van der Waals surface area contributed by atoms with Crippen LogP contribution in [0, 0.1) is 0 Å². The van der Waals surface area contributed by atoms with Gasteiger partial charge in [-0.05, 0) is 67.5 Å². The van der Waals surface area contributed by atoms with Gasteiger partial charge in [-0.15, -0.1) is 0 Å². The summed E-state index contributed by atoms with van der Waals surface area (Å²) >= 11 is 7.34. The SMILES string of the molecule is O=C(CSCCCOc1ccc(Cl)cc1)Nc1cccc(S(=O)(=O)N2CCCC2)c1. The van der Waals surface area contributed by atoms with Gasteiger partial charge in [-0.2, -0.15) is 16.1 Å². The Hall–Kier alpha value is -1.74. The van der Waals surface area contributed by atoms with Gasteiger partial charge in [-0.25, -0.2) is 8.42 Å². The van der Waals surface area contributed by atoms with E-state index < -0.39 is 10.0 Å². The van der Waals surface area contributed by atoms with Crippen LogP contribution >= 0.6 is 23.4 Å². The predicted octanol–water partition coefficient (Wildman–Crippen LogP) is 4.27. The molecule has 1 heterocycles. The number of carbonyl (C=O) groups excluding carboxylic acids is 1. The Bertz CT molecular complexity index is 946. The van der Waals surface area contributed by atoms with Gasteiger partial charge in [-0.3, -0.25) is 4.79 Å². The zero-order chi connectivity index (χ0) is 21.4. The number of benzene rings is 2. The van der Waals surface area contributed by atoms with E-state index in [1.54, 1.807) is 30.3 Å². The quantitative estimate of drug-likeness (QED) is 0.527. The number of anilines is 1. The Morgan fingerprint density at radius 3 is 2.60 bits per heavy atom. The summed E-state index contributed by atoms with van der Waals surface area (Å²) in [5, 5.41) is 3.45. The molecule has 9 heteroatoms. The van der Waals surface area contributed by atoms with Gasteiger partial charge in [0, 0.05) is 23.8 Å². The van der Waals surface area contributed by atoms with E-state index >= 15 is 0 Å². The summed E-state index contributed by atoms with van der Waals surface area (Å²) in [5.74, 6) is 1.69. The predicted molar refractivity (Wildman–Crippen MR) is 122 cm³/mol. The van der Waals surface area contributed by atoms with Crippen LogP contribution in [0.3, 0.4) is 0 Å². The van der Waals surface area contributed by atoms with Crippen molar-refractivity contribution in [3.63, 3.8) is 0 Å². The number of nitrogens with one attached hydrogen (secondary N) is 1. The molecular weight excluding hydrogens is 444 g/mol. The number of thioether (sulfide) groups is 1. The summed E-state index contributed by atoms with van der Waals surface area (Å²) < 4.78 is 32.4. The third-order valence-corrected chi connectivity index (χ3v) is 7.76. The second-order valence-electron chi connectivity index (χ2n) is 6.90. The van der Waals surface area contributed by atoms with E-state index in [4.69, 9.17) is 16.3 Å². The fourth-order valence-corrected chi connectivity index (χ4v) is 5.47. The zero-order valence-corrected chi connectivity index (χ0v) is 18.9. The molecule has 2 aromatic carbocycles. The third-order valence-electron chi connectivity index (χ3n) is 4.57. The summed E-state index contributed by atoms with van der Waals surface area (Å²) in [5.41, 5.74) is 0.493. The molecule has 3 rings (SSSR count). The van der Waals surface area contributed by atoms with Crippen molar-refractivity contribution >= 4 is 45.0 Å². The second kappa shape index (κ2) is 11.0. The zero-order valence-electron chi connectivity index (χ0n) is 16.6. The molecule has 0 bridgehead atoms. The molecular formula is C21H25ClN2O4S2. The Morgan fingerprint density at radius 1 is 1.13 bits per heavy atom. The number of sulfonamides is 1. The van der Waals surface area contributed by atoms with Crippen LogP contribution < -0.4 is 10.1 Å². The van der Waals surface area contributed by atoms with Gasteiger partial charge in [0.05, 0.1) is 17.3 Å². The maximum atomic E-state index is 12.7. The van der Waals surface area contributed by atoms with E-state index in [2.05, 4.69) is 5.32 Å². The van der Waals surface area contributed by atoms with Gasteiger partial charge in [-0.1, -0.05) is 17.7 Å². The summed E-state index contributed by atoms with van der Waals surface area (Å²) in [7, 11) is -3.49. The maximum absolute atomic E-state index is 12.7. The maximum Gasteiger partial charge on any atom is 0.243 e. The van der Waals surface area contributed by atoms with E-state index in [1.165, 1.54) is 22.1 Å². The van der Waals surface area contributed by atoms with Crippen molar-refractivity contribution in [2.75, 3.05) is 36.5 Å². The molecule has 1 aliphatic rings. The fraction of sp³-hybridized carbons (Fsp3) is 0.381. The highest BCUT2D eigenvalue weighted by Gasteiger charge is 2.27. The molecule has 1 amide bonds. The molecule has 6 nitrogen and oxygen atoms in total. The highest BCUT2D eigenvalue weighted by atomic mass is 35.5. The molecule has 1 saturated heterocycles. The molecule has 1 aliphatic heterocycles. The average Bonchev–Trinajstić information content (AvgIpc) is 3.28. The standard InChI is InChI=1S/C21H25ClN2O4S2/c22-17-7-9-19(10-8-17)28-13-4-14-29-16-21(25)23-18-5-3-6-20(15-18)30(26,27)24-11-1-2-12-24/h3,5-10,15H,1-2,4,11-14,16H2,(H,23,25). The van der Waals surface area contributed by atoms with Crippen molar-refractivity contribution in [1.82, 2.24) is 4.31 Å². The Balaban J connectivity index is 1.39. The minimum atomic E-state index is -3.49. The van der Waals surface area contributed by atoms with Crippen molar-refractivity contribution < 1.29 is 17.9 Å². The molecule has 0 saturated carbocycles. The van der Waals surface area contributed by atoms with Gasteiger partial charge < -0.3 is 10.1 Å². The van der Waals surface area contributed by atoms with E-state index in [0.29, 0.717) is 36.2 Å². The van der Waals surface area contributed by atoms with Crippen LogP contribution in [0.1, 0.15) is 19.3 Å². The number of nitrogens with zero attached hydrogens (tertiary/aromatic N) is 1. The molecule has 30 heavy (non-hydrogen) atoms. The molecule has 2 aromatic rings. The number of amides is 1. The van der Waals surface area contributed by atoms with Crippen LogP contribution in [0.15, 0.2) is 53.4 Å². The van der Waals surface area contributed by atoms with Crippen molar-refractivity contribution in [3.8, 4) is 5.75 Å². The lowest BCUT2D eigenvalue weighted by atomic mass is 10.3. The van der Waals surface area contributed by atoms with Crippen LogP contribution in [-0.2, 0) is 14.8 Å². The molecule has 0 aromatic heterocycles. The molecule has 0 unspecified atom stereocenters. The summed E-state index contributed by atoms with van der Waals surface area (Å²) in [4.78, 5) is 12.4. The number of hydrogen-bond acceptors (Lipinski definition) is 5. The molecule has 0 atom stereocenters. The third kappa shape index (κ3) is 6.63. The van der Waals surface area contributed by atoms with E-state index in [-0.39, 0.29) is 10.8 Å². The van der Waals surface area contributed by atoms with Gasteiger partial charge in [0.15, 0.2) is 0 Å². The lowest BCUT2D eigenvalue weighted by molar-refractivity contribution is -0.113. The van der Waals surface area contributed by atoms with Gasteiger partial charge in [0.25, 0.3) is 0 Å². The highest BCUT2D eigenvalue weighted by molar-refractivity contribution is 7.99. The van der Waals surface area contributed by atoms with Crippen LogP contribution in [0.5, 0.6) is 5.75 Å². The van der Waals surface area contributed by atoms with E-state index in [0.717, 1.165) is 30.8 Å². The fourth-order valence-electron chi connectivity index (χ4n) is 3.06. The van der Waals surface area contributed by atoms with Gasteiger partial charge in [0.1, 0.15) is 5.75 Å². The normalized spacial score (nSPS) is 14.6. The number of carbonyl (C=O) groups is 1. The van der Waals surface area contributed by atoms with Gasteiger partial charge >= 0.3 is 0 Å². The van der Waals surface area contributed by atoms with Crippen LogP contribution in [0.2, 0.25) is 5.02 Å². The van der Waals surface area contributed by atoms with Crippen molar-refractivity contribution in [2.45, 2.75) is 24.2 Å². The monoisotopic (exact) mass is 468 g/mol. The first-order chi connectivity index (χ1) is 14.4. The Kier molecular flexibility index (Phi) is 8.44. The average molecular weight is 469 g/mol. The van der Waals surface area contributed by atoms with E-state index in [1.807, 2.05) is 12.1 Å². The molecule has 0 radical (unpaired) electrons. The second-order valence-corrected chi connectivity index (χ2v) is 10.4. The lowest BCUT2D eigenvalue weighted by Gasteiger charge is -2.16. The smallest absolute Gasteiger partial charge is 0.243 e. The van der Waals surface area contributed by atoms with Crippen LogP contribution in [-0.4, -0.2) is 49.8 Å². The molecule has 0 spiro atoms. The van der Waals surface area contributed by atoms with Crippen LogP contribution in [0.4, 0.5) is 5.69 Å². The van der Waals surface area contributed by atoms with Crippen molar-refractivity contribution in [1.29, 1.82) is 0 Å². The summed E-state index contributed by atoms with van der Waals surface area (Å²) in [6.07, 6.45) is 2.58. The van der Waals surface area contributed by atoms with Crippen LogP contribution in [0.25, 0.3) is 0 Å². The molecule has 0 aliphatic carbocycles. The topological polar surface area (TPSA) is 75.7 Å². The summed E-state index contributed by atoms with van der Waals surface area (Å²) in [6, 6.07) is 13.6. The number of hydrogen-bond donors (Lipinski definition) is 1. The Labute approximate surface area is 187 Å². The largest absolute Gasteiger partial charge is 0.494 e. The Morgan fingerprint density at radius 2 is 1.87 bits per heavy atom. The molecule has 162 valence electrons. The number of halogens is 1. The minimum Gasteiger partial charge on any atom is -0.494 e. The number of ether oxygens (including phenoxy) is 1. The molecule has 1 fully saturated rings.